The summed E-state index contributed by atoms with van der Waals surface area (Å²) in [5.74, 6) is 0. The second kappa shape index (κ2) is 6.30. The van der Waals surface area contributed by atoms with Gasteiger partial charge in [-0.15, -0.1) is 0 Å². The third-order valence-corrected chi connectivity index (χ3v) is 2.11. The lowest BCUT2D eigenvalue weighted by Crippen LogP contribution is -1.81. The fourth-order valence-electron chi connectivity index (χ4n) is 0.942. The van der Waals surface area contributed by atoms with Crippen LogP contribution in [-0.4, -0.2) is 11.5 Å². The molecule has 1 rings (SSSR count). The van der Waals surface area contributed by atoms with Crippen molar-refractivity contribution in [3.63, 3.8) is 0 Å². The Balaban J connectivity index is 2.63. The van der Waals surface area contributed by atoms with E-state index in [0.717, 1.165) is 5.56 Å². The summed E-state index contributed by atoms with van der Waals surface area (Å²) >= 11 is 11.6. The van der Waals surface area contributed by atoms with E-state index < -0.39 is 0 Å². The number of pyridine rings is 1. The average Bonchev–Trinajstić information content (AvgIpc) is 2.23. The molecule has 0 N–H and O–H groups in total. The molecule has 0 amide bonds. The molecule has 1 aromatic heterocycles. The molecule has 15 heavy (non-hydrogen) atoms. The zero-order chi connectivity index (χ0) is 11.1. The quantitative estimate of drug-likeness (QED) is 0.258. The van der Waals surface area contributed by atoms with E-state index in [1.54, 1.807) is 12.1 Å². The van der Waals surface area contributed by atoms with Crippen LogP contribution in [-0.2, 0) is 0 Å². The Morgan fingerprint density at radius 3 is 3.07 bits per heavy atom. The molecule has 0 aromatic carbocycles. The predicted octanol–water partition coefficient (Wildman–Crippen LogP) is 4.10. The summed E-state index contributed by atoms with van der Waals surface area (Å²) in [6.07, 6.45) is 5.80. The molecule has 0 radical (unpaired) electrons. The minimum absolute atomic E-state index is 0.402. The zero-order valence-corrected chi connectivity index (χ0v) is 9.28. The van der Waals surface area contributed by atoms with Crippen LogP contribution in [0.3, 0.4) is 0 Å². The lowest BCUT2D eigenvalue weighted by molar-refractivity contribution is 0.995. The van der Waals surface area contributed by atoms with Crippen molar-refractivity contribution in [3.05, 3.63) is 44.5 Å². The zero-order valence-electron chi connectivity index (χ0n) is 7.77. The SMILES string of the molecule is [N-]=[N+]=NCCC=Cc1cc(Cl)cnc1Cl. The summed E-state index contributed by atoms with van der Waals surface area (Å²) in [5, 5.41) is 4.34. The van der Waals surface area contributed by atoms with Gasteiger partial charge >= 0.3 is 0 Å². The van der Waals surface area contributed by atoms with Crippen molar-refractivity contribution in [2.24, 2.45) is 5.11 Å². The minimum atomic E-state index is 0.402. The third kappa shape index (κ3) is 4.21. The van der Waals surface area contributed by atoms with Crippen LogP contribution in [0.15, 0.2) is 23.5 Å². The summed E-state index contributed by atoms with van der Waals surface area (Å²) < 4.78 is 0. The standard InChI is InChI=1S/C9H8Cl2N4/c10-8-5-7(9(11)13-6-8)3-1-2-4-14-15-12/h1,3,5-6H,2,4H2. The number of nitrogens with zero attached hydrogens (tertiary/aromatic N) is 4. The first kappa shape index (κ1) is 11.9. The van der Waals surface area contributed by atoms with E-state index >= 15 is 0 Å². The van der Waals surface area contributed by atoms with Gasteiger partial charge < -0.3 is 0 Å². The topological polar surface area (TPSA) is 61.7 Å². The number of aromatic nitrogens is 1. The fourth-order valence-corrected chi connectivity index (χ4v) is 1.28. The van der Waals surface area contributed by atoms with Crippen LogP contribution in [0.4, 0.5) is 0 Å². The summed E-state index contributed by atoms with van der Waals surface area (Å²) in [6.45, 7) is 0.429. The van der Waals surface area contributed by atoms with Crippen LogP contribution < -0.4 is 0 Å². The highest BCUT2D eigenvalue weighted by Gasteiger charge is 1.97. The molecular formula is C9H8Cl2N4. The van der Waals surface area contributed by atoms with Gasteiger partial charge in [-0.2, -0.15) is 0 Å². The largest absolute Gasteiger partial charge is 0.242 e. The average molecular weight is 243 g/mol. The Hall–Kier alpha value is -1.22. The van der Waals surface area contributed by atoms with Gasteiger partial charge in [0.25, 0.3) is 0 Å². The van der Waals surface area contributed by atoms with Gasteiger partial charge in [-0.3, -0.25) is 0 Å². The van der Waals surface area contributed by atoms with Gasteiger partial charge in [0, 0.05) is 23.2 Å². The predicted molar refractivity (Wildman–Crippen MR) is 61.9 cm³/mol. The van der Waals surface area contributed by atoms with Crippen molar-refractivity contribution in [3.8, 4) is 0 Å². The Morgan fingerprint density at radius 2 is 2.33 bits per heavy atom. The van der Waals surface area contributed by atoms with Gasteiger partial charge in [-0.05, 0) is 18.0 Å². The lowest BCUT2D eigenvalue weighted by Gasteiger charge is -1.97. The first-order valence-electron chi connectivity index (χ1n) is 4.22. The van der Waals surface area contributed by atoms with Crippen molar-refractivity contribution in [2.45, 2.75) is 6.42 Å². The Morgan fingerprint density at radius 1 is 1.53 bits per heavy atom. The number of hydrogen-bond donors (Lipinski definition) is 0. The highest BCUT2D eigenvalue weighted by molar-refractivity contribution is 6.33. The Kier molecular flexibility index (Phi) is 4.98. The van der Waals surface area contributed by atoms with Gasteiger partial charge in [0.2, 0.25) is 0 Å². The maximum absolute atomic E-state index is 8.05. The van der Waals surface area contributed by atoms with Gasteiger partial charge in [-0.1, -0.05) is 40.5 Å². The maximum Gasteiger partial charge on any atom is 0.136 e. The van der Waals surface area contributed by atoms with Gasteiger partial charge in [0.1, 0.15) is 5.15 Å². The Bertz CT molecular complexity index is 411. The first-order valence-corrected chi connectivity index (χ1v) is 4.98. The molecule has 0 unspecified atom stereocenters. The van der Waals surface area contributed by atoms with Crippen molar-refractivity contribution in [2.75, 3.05) is 6.54 Å². The number of rotatable bonds is 4. The van der Waals surface area contributed by atoms with Crippen LogP contribution >= 0.6 is 23.2 Å². The van der Waals surface area contributed by atoms with E-state index in [-0.39, 0.29) is 0 Å². The highest BCUT2D eigenvalue weighted by Crippen LogP contribution is 2.18. The van der Waals surface area contributed by atoms with Crippen LogP contribution in [0.5, 0.6) is 0 Å². The lowest BCUT2D eigenvalue weighted by atomic mass is 10.2. The number of halogens is 2. The molecule has 1 heterocycles. The second-order valence-corrected chi connectivity index (χ2v) is 3.47. The molecule has 0 aliphatic heterocycles. The molecule has 0 aliphatic rings. The van der Waals surface area contributed by atoms with Crippen LogP contribution in [0, 0.1) is 0 Å². The van der Waals surface area contributed by atoms with Crippen molar-refractivity contribution < 1.29 is 0 Å². The molecule has 0 bridgehead atoms. The summed E-state index contributed by atoms with van der Waals surface area (Å²) in [4.78, 5) is 6.54. The van der Waals surface area contributed by atoms with Gasteiger partial charge in [0.15, 0.2) is 0 Å². The van der Waals surface area contributed by atoms with E-state index in [1.165, 1.54) is 6.20 Å². The minimum Gasteiger partial charge on any atom is -0.242 e. The van der Waals surface area contributed by atoms with E-state index in [1.807, 2.05) is 6.08 Å². The van der Waals surface area contributed by atoms with Crippen molar-refractivity contribution in [1.29, 1.82) is 0 Å². The van der Waals surface area contributed by atoms with E-state index in [2.05, 4.69) is 15.0 Å². The molecule has 0 atom stereocenters. The van der Waals surface area contributed by atoms with E-state index in [9.17, 15) is 0 Å². The molecule has 4 nitrogen and oxygen atoms in total. The molecule has 0 aliphatic carbocycles. The van der Waals surface area contributed by atoms with Gasteiger partial charge in [0.05, 0.1) is 5.02 Å². The van der Waals surface area contributed by atoms with Crippen LogP contribution in [0.25, 0.3) is 16.5 Å². The summed E-state index contributed by atoms with van der Waals surface area (Å²) in [6, 6.07) is 1.72. The molecule has 0 fully saturated rings. The van der Waals surface area contributed by atoms with Crippen molar-refractivity contribution in [1.82, 2.24) is 4.98 Å². The molecule has 0 spiro atoms. The van der Waals surface area contributed by atoms with Crippen LogP contribution in [0.1, 0.15) is 12.0 Å². The highest BCUT2D eigenvalue weighted by atomic mass is 35.5. The number of hydrogen-bond acceptors (Lipinski definition) is 2. The third-order valence-electron chi connectivity index (χ3n) is 1.59. The van der Waals surface area contributed by atoms with Crippen LogP contribution in [0.2, 0.25) is 10.2 Å². The fraction of sp³-hybridized carbons (Fsp3) is 0.222. The molecule has 0 saturated carbocycles. The molecule has 78 valence electrons. The first-order chi connectivity index (χ1) is 7.24. The normalized spacial score (nSPS) is 10.3. The molecule has 1 aromatic rings. The Labute approximate surface area is 97.2 Å². The summed E-state index contributed by atoms with van der Waals surface area (Å²) in [5.41, 5.74) is 8.80. The smallest absolute Gasteiger partial charge is 0.136 e. The molecule has 0 saturated heterocycles. The second-order valence-electron chi connectivity index (χ2n) is 2.68. The van der Waals surface area contributed by atoms with E-state index in [0.29, 0.717) is 23.1 Å². The maximum atomic E-state index is 8.05. The monoisotopic (exact) mass is 242 g/mol. The van der Waals surface area contributed by atoms with Crippen molar-refractivity contribution >= 4 is 29.3 Å². The molecule has 6 heteroatoms. The number of azide groups is 1. The van der Waals surface area contributed by atoms with Gasteiger partial charge in [-0.25, -0.2) is 4.98 Å². The molecular weight excluding hydrogens is 235 g/mol. The van der Waals surface area contributed by atoms with E-state index in [4.69, 9.17) is 28.7 Å². The summed E-state index contributed by atoms with van der Waals surface area (Å²) in [7, 11) is 0.